The quantitative estimate of drug-likeness (QED) is 0.815. The molecule has 0 aliphatic carbocycles. The number of fused-ring (bicyclic) bond motifs is 1. The van der Waals surface area contributed by atoms with Crippen molar-refractivity contribution >= 4 is 0 Å². The lowest BCUT2D eigenvalue weighted by Gasteiger charge is -2.30. The van der Waals surface area contributed by atoms with Crippen LogP contribution in [0.5, 0.6) is 11.5 Å². The summed E-state index contributed by atoms with van der Waals surface area (Å²) in [5.41, 5.74) is 1.88. The number of hydrogen-bond donors (Lipinski definition) is 1. The fourth-order valence-corrected chi connectivity index (χ4v) is 2.22. The zero-order chi connectivity index (χ0) is 13.3. The Morgan fingerprint density at radius 3 is 2.78 bits per heavy atom. The van der Waals surface area contributed by atoms with Crippen LogP contribution >= 0.6 is 0 Å². The monoisotopic (exact) mass is 247 g/mol. The second kappa shape index (κ2) is 4.65. The molecule has 0 atom stereocenters. The summed E-state index contributed by atoms with van der Waals surface area (Å²) in [7, 11) is 0. The zero-order valence-corrected chi connectivity index (χ0v) is 11.4. The van der Waals surface area contributed by atoms with Gasteiger partial charge in [-0.05, 0) is 17.5 Å². The highest BCUT2D eigenvalue weighted by Gasteiger charge is 2.24. The Labute approximate surface area is 109 Å². The van der Waals surface area contributed by atoms with Crippen LogP contribution < -0.4 is 4.74 Å². The van der Waals surface area contributed by atoms with Crippen LogP contribution in [0.15, 0.2) is 24.8 Å². The summed E-state index contributed by atoms with van der Waals surface area (Å²) in [6.07, 6.45) is 1.86. The maximum absolute atomic E-state index is 10.1. The molecule has 0 amide bonds. The lowest BCUT2D eigenvalue weighted by molar-refractivity contribution is 0.106. The minimum absolute atomic E-state index is 0.0826. The first kappa shape index (κ1) is 13.0. The second-order valence-electron chi connectivity index (χ2n) is 5.80. The Balaban J connectivity index is 2.33. The van der Waals surface area contributed by atoms with Crippen molar-refractivity contribution in [3.05, 3.63) is 35.9 Å². The maximum atomic E-state index is 10.1. The number of aromatic hydroxyl groups is 1. The summed E-state index contributed by atoms with van der Waals surface area (Å²) < 4.78 is 5.75. The van der Waals surface area contributed by atoms with Gasteiger partial charge in [-0.2, -0.15) is 0 Å². The molecule has 0 spiro atoms. The van der Waals surface area contributed by atoms with Gasteiger partial charge in [0, 0.05) is 24.2 Å². The van der Waals surface area contributed by atoms with Gasteiger partial charge in [0.15, 0.2) is 0 Å². The van der Waals surface area contributed by atoms with Gasteiger partial charge in [0.25, 0.3) is 0 Å². The number of ether oxygens (including phenoxy) is 1. The van der Waals surface area contributed by atoms with Gasteiger partial charge in [0.1, 0.15) is 18.2 Å². The van der Waals surface area contributed by atoms with E-state index in [9.17, 15) is 5.11 Å². The van der Waals surface area contributed by atoms with E-state index in [1.54, 1.807) is 0 Å². The average molecular weight is 247 g/mol. The van der Waals surface area contributed by atoms with E-state index >= 15 is 0 Å². The third-order valence-corrected chi connectivity index (χ3v) is 3.17. The van der Waals surface area contributed by atoms with Crippen LogP contribution in [-0.2, 0) is 12.0 Å². The third kappa shape index (κ3) is 2.51. The second-order valence-corrected chi connectivity index (χ2v) is 5.80. The molecular formula is C15H21NO2. The van der Waals surface area contributed by atoms with E-state index < -0.39 is 0 Å². The van der Waals surface area contributed by atoms with E-state index in [0.717, 1.165) is 30.0 Å². The molecule has 1 aliphatic rings. The summed E-state index contributed by atoms with van der Waals surface area (Å²) in [6, 6.07) is 3.79. The number of phenols is 1. The lowest BCUT2D eigenvalue weighted by atomic mass is 9.85. The Bertz CT molecular complexity index is 460. The molecule has 0 radical (unpaired) electrons. The molecule has 0 fully saturated rings. The molecule has 1 aromatic carbocycles. The highest BCUT2D eigenvalue weighted by atomic mass is 16.5. The van der Waals surface area contributed by atoms with Crippen molar-refractivity contribution in [2.75, 3.05) is 13.3 Å². The highest BCUT2D eigenvalue weighted by Crippen LogP contribution is 2.37. The Kier molecular flexibility index (Phi) is 3.35. The third-order valence-electron chi connectivity index (χ3n) is 3.17. The van der Waals surface area contributed by atoms with Crippen LogP contribution in [0.4, 0.5) is 0 Å². The van der Waals surface area contributed by atoms with Crippen LogP contribution in [0.3, 0.4) is 0 Å². The SMILES string of the molecule is C=CCN1COc2cc(C(C)(C)C)c(O)cc2C1. The molecule has 0 unspecified atom stereocenters. The van der Waals surface area contributed by atoms with Crippen molar-refractivity contribution in [2.45, 2.75) is 32.7 Å². The summed E-state index contributed by atoms with van der Waals surface area (Å²) >= 11 is 0. The summed E-state index contributed by atoms with van der Waals surface area (Å²) in [6.45, 7) is 12.1. The summed E-state index contributed by atoms with van der Waals surface area (Å²) in [4.78, 5) is 2.13. The molecule has 1 aliphatic heterocycles. The van der Waals surface area contributed by atoms with E-state index in [1.165, 1.54) is 0 Å². The first-order valence-electron chi connectivity index (χ1n) is 6.24. The molecule has 0 aromatic heterocycles. The lowest BCUT2D eigenvalue weighted by Crippen LogP contribution is -2.32. The van der Waals surface area contributed by atoms with Gasteiger partial charge in [-0.15, -0.1) is 6.58 Å². The topological polar surface area (TPSA) is 32.7 Å². The maximum Gasteiger partial charge on any atom is 0.142 e. The molecule has 1 heterocycles. The largest absolute Gasteiger partial charge is 0.508 e. The average Bonchev–Trinajstić information content (AvgIpc) is 2.27. The Morgan fingerprint density at radius 2 is 2.17 bits per heavy atom. The zero-order valence-electron chi connectivity index (χ0n) is 11.4. The molecule has 98 valence electrons. The van der Waals surface area contributed by atoms with Gasteiger partial charge >= 0.3 is 0 Å². The number of rotatable bonds is 2. The molecule has 1 N–H and O–H groups in total. The molecule has 0 saturated heterocycles. The predicted molar refractivity (Wildman–Crippen MR) is 72.9 cm³/mol. The first-order chi connectivity index (χ1) is 8.41. The smallest absolute Gasteiger partial charge is 0.142 e. The van der Waals surface area contributed by atoms with Gasteiger partial charge < -0.3 is 9.84 Å². The summed E-state index contributed by atoms with van der Waals surface area (Å²) in [5.74, 6) is 1.24. The van der Waals surface area contributed by atoms with Gasteiger partial charge in [-0.3, -0.25) is 4.90 Å². The first-order valence-corrected chi connectivity index (χ1v) is 6.24. The van der Waals surface area contributed by atoms with Crippen molar-refractivity contribution in [1.82, 2.24) is 4.90 Å². The van der Waals surface area contributed by atoms with Crippen LogP contribution in [0.1, 0.15) is 31.9 Å². The van der Waals surface area contributed by atoms with E-state index in [-0.39, 0.29) is 5.41 Å². The van der Waals surface area contributed by atoms with Crippen molar-refractivity contribution in [3.8, 4) is 11.5 Å². The number of phenolic OH excluding ortho intramolecular Hbond substituents is 1. The predicted octanol–water partition coefficient (Wildman–Crippen LogP) is 3.03. The molecule has 2 rings (SSSR count). The van der Waals surface area contributed by atoms with Crippen molar-refractivity contribution in [3.63, 3.8) is 0 Å². The van der Waals surface area contributed by atoms with Crippen LogP contribution in [0.25, 0.3) is 0 Å². The fraction of sp³-hybridized carbons (Fsp3) is 0.467. The van der Waals surface area contributed by atoms with E-state index in [0.29, 0.717) is 12.5 Å². The Morgan fingerprint density at radius 1 is 1.44 bits per heavy atom. The minimum Gasteiger partial charge on any atom is -0.508 e. The molecule has 1 aromatic rings. The molecule has 3 heteroatoms. The number of nitrogens with zero attached hydrogens (tertiary/aromatic N) is 1. The van der Waals surface area contributed by atoms with Gasteiger partial charge in [0.2, 0.25) is 0 Å². The van der Waals surface area contributed by atoms with E-state index in [4.69, 9.17) is 4.74 Å². The van der Waals surface area contributed by atoms with Gasteiger partial charge in [0.05, 0.1) is 0 Å². The summed E-state index contributed by atoms with van der Waals surface area (Å²) in [5, 5.41) is 10.1. The molecule has 0 saturated carbocycles. The van der Waals surface area contributed by atoms with Crippen LogP contribution in [0, 0.1) is 0 Å². The Hall–Kier alpha value is -1.48. The standard InChI is InChI=1S/C15H21NO2/c1-5-6-16-9-11-7-13(17)12(15(2,3)4)8-14(11)18-10-16/h5,7-8,17H,1,6,9-10H2,2-4H3. The molecule has 18 heavy (non-hydrogen) atoms. The van der Waals surface area contributed by atoms with Gasteiger partial charge in [-0.25, -0.2) is 0 Å². The molecule has 0 bridgehead atoms. The van der Waals surface area contributed by atoms with Gasteiger partial charge in [-0.1, -0.05) is 26.8 Å². The van der Waals surface area contributed by atoms with E-state index in [2.05, 4.69) is 32.3 Å². The van der Waals surface area contributed by atoms with Crippen LogP contribution in [0.2, 0.25) is 0 Å². The molecular weight excluding hydrogens is 226 g/mol. The van der Waals surface area contributed by atoms with Crippen LogP contribution in [-0.4, -0.2) is 23.3 Å². The van der Waals surface area contributed by atoms with Crippen molar-refractivity contribution in [1.29, 1.82) is 0 Å². The number of benzene rings is 1. The number of hydrogen-bond acceptors (Lipinski definition) is 3. The van der Waals surface area contributed by atoms with E-state index in [1.807, 2.05) is 18.2 Å². The fourth-order valence-electron chi connectivity index (χ4n) is 2.22. The van der Waals surface area contributed by atoms with Crippen molar-refractivity contribution in [2.24, 2.45) is 0 Å². The highest BCUT2D eigenvalue weighted by molar-refractivity contribution is 5.49. The molecule has 3 nitrogen and oxygen atoms in total. The normalized spacial score (nSPS) is 15.9. The minimum atomic E-state index is -0.0826. The van der Waals surface area contributed by atoms with Crippen molar-refractivity contribution < 1.29 is 9.84 Å².